The average Bonchev–Trinajstić information content (AvgIpc) is 2.53. The van der Waals surface area contributed by atoms with Crippen LogP contribution in [0.2, 0.25) is 5.02 Å². The highest BCUT2D eigenvalue weighted by atomic mass is 35.5. The molecular weight excluding hydrogens is 405 g/mol. The number of hydrogen-bond donors (Lipinski definition) is 1. The van der Waals surface area contributed by atoms with Crippen molar-refractivity contribution in [3.8, 4) is 0 Å². The summed E-state index contributed by atoms with van der Waals surface area (Å²) in [4.78, 5) is 12.5. The van der Waals surface area contributed by atoms with E-state index in [0.29, 0.717) is 21.1 Å². The molecule has 27 heavy (non-hydrogen) atoms. The summed E-state index contributed by atoms with van der Waals surface area (Å²) < 4.78 is 63.9. The maximum Gasteiger partial charge on any atom is 0.416 e. The number of hydrogen-bond acceptors (Lipinski definition) is 3. The normalized spacial score (nSPS) is 13.1. The smallest absolute Gasteiger partial charge is 0.324 e. The molecule has 0 aliphatic heterocycles. The van der Waals surface area contributed by atoms with E-state index in [9.17, 15) is 26.4 Å². The van der Waals surface area contributed by atoms with Crippen LogP contribution in [0, 0.1) is 0 Å². The molecule has 10 heteroatoms. The van der Waals surface area contributed by atoms with Gasteiger partial charge in [-0.25, -0.2) is 8.42 Å². The molecule has 0 bridgehead atoms. The molecule has 2 aromatic rings. The van der Waals surface area contributed by atoms with Crippen LogP contribution in [0.3, 0.4) is 0 Å². The first-order valence-corrected chi connectivity index (χ1v) is 9.85. The van der Waals surface area contributed by atoms with Crippen molar-refractivity contribution in [1.82, 2.24) is 0 Å². The SMILES string of the molecule is CC(C(=O)Nc1cccc(Cl)c1)N(c1cccc(C(F)(F)F)c1)S(C)(=O)=O. The molecule has 0 aliphatic rings. The molecule has 5 nitrogen and oxygen atoms in total. The third kappa shape index (κ3) is 5.36. The number of anilines is 2. The van der Waals surface area contributed by atoms with Gasteiger partial charge in [0.1, 0.15) is 6.04 Å². The van der Waals surface area contributed by atoms with Gasteiger partial charge in [-0.2, -0.15) is 13.2 Å². The van der Waals surface area contributed by atoms with E-state index in [4.69, 9.17) is 11.6 Å². The van der Waals surface area contributed by atoms with Gasteiger partial charge in [-0.3, -0.25) is 9.10 Å². The zero-order valence-corrected chi connectivity index (χ0v) is 15.9. The number of sulfonamides is 1. The molecule has 1 atom stereocenters. The van der Waals surface area contributed by atoms with Gasteiger partial charge >= 0.3 is 6.18 Å². The lowest BCUT2D eigenvalue weighted by atomic mass is 10.1. The van der Waals surface area contributed by atoms with E-state index in [-0.39, 0.29) is 5.69 Å². The average molecular weight is 421 g/mol. The Morgan fingerprint density at radius 1 is 1.15 bits per heavy atom. The van der Waals surface area contributed by atoms with E-state index in [2.05, 4.69) is 5.32 Å². The van der Waals surface area contributed by atoms with E-state index in [1.807, 2.05) is 0 Å². The first-order valence-electron chi connectivity index (χ1n) is 7.62. The largest absolute Gasteiger partial charge is 0.416 e. The van der Waals surface area contributed by atoms with Gasteiger partial charge in [-0.15, -0.1) is 0 Å². The molecule has 0 heterocycles. The summed E-state index contributed by atoms with van der Waals surface area (Å²) in [5, 5.41) is 2.86. The summed E-state index contributed by atoms with van der Waals surface area (Å²) in [6.45, 7) is 1.28. The number of carbonyl (C=O) groups is 1. The van der Waals surface area contributed by atoms with E-state index in [0.717, 1.165) is 18.4 Å². The predicted octanol–water partition coefficient (Wildman–Crippen LogP) is 4.15. The number of alkyl halides is 3. The van der Waals surface area contributed by atoms with Gasteiger partial charge in [-0.05, 0) is 43.3 Å². The quantitative estimate of drug-likeness (QED) is 0.790. The third-order valence-electron chi connectivity index (χ3n) is 3.61. The molecule has 0 aromatic heterocycles. The summed E-state index contributed by atoms with van der Waals surface area (Å²) in [5.74, 6) is -0.722. The molecule has 0 spiro atoms. The van der Waals surface area contributed by atoms with E-state index in [1.165, 1.54) is 19.1 Å². The Morgan fingerprint density at radius 2 is 1.78 bits per heavy atom. The van der Waals surface area contributed by atoms with Gasteiger partial charge < -0.3 is 5.32 Å². The second-order valence-electron chi connectivity index (χ2n) is 5.78. The Hall–Kier alpha value is -2.26. The molecule has 1 unspecified atom stereocenters. The van der Waals surface area contributed by atoms with Crippen molar-refractivity contribution in [2.45, 2.75) is 19.1 Å². The molecule has 146 valence electrons. The Morgan fingerprint density at radius 3 is 2.33 bits per heavy atom. The maximum absolute atomic E-state index is 13.0. The van der Waals surface area contributed by atoms with Crippen LogP contribution in [0.15, 0.2) is 48.5 Å². The Labute approximate surface area is 159 Å². The van der Waals surface area contributed by atoms with Crippen molar-refractivity contribution in [1.29, 1.82) is 0 Å². The fourth-order valence-corrected chi connectivity index (χ4v) is 3.80. The molecule has 0 radical (unpaired) electrons. The summed E-state index contributed by atoms with van der Waals surface area (Å²) in [7, 11) is -4.05. The number of halogens is 4. The summed E-state index contributed by atoms with van der Waals surface area (Å²) in [6, 6.07) is 8.66. The van der Waals surface area contributed by atoms with E-state index >= 15 is 0 Å². The summed E-state index contributed by atoms with van der Waals surface area (Å²) in [5.41, 5.74) is -0.950. The molecule has 2 aromatic carbocycles. The lowest BCUT2D eigenvalue weighted by Crippen LogP contribution is -2.45. The van der Waals surface area contributed by atoms with Crippen LogP contribution in [0.1, 0.15) is 12.5 Å². The summed E-state index contributed by atoms with van der Waals surface area (Å²) >= 11 is 5.83. The second kappa shape index (κ2) is 7.77. The highest BCUT2D eigenvalue weighted by Gasteiger charge is 2.34. The minimum atomic E-state index is -4.65. The van der Waals surface area contributed by atoms with Gasteiger partial charge in [0.2, 0.25) is 15.9 Å². The van der Waals surface area contributed by atoms with Crippen molar-refractivity contribution in [3.05, 3.63) is 59.1 Å². The minimum absolute atomic E-state index is 0.263. The van der Waals surface area contributed by atoms with Gasteiger partial charge in [-0.1, -0.05) is 23.7 Å². The van der Waals surface area contributed by atoms with Crippen LogP contribution in [-0.4, -0.2) is 26.6 Å². The van der Waals surface area contributed by atoms with Crippen molar-refractivity contribution < 1.29 is 26.4 Å². The van der Waals surface area contributed by atoms with E-state index in [1.54, 1.807) is 18.2 Å². The third-order valence-corrected chi connectivity index (χ3v) is 5.09. The highest BCUT2D eigenvalue weighted by molar-refractivity contribution is 7.92. The number of nitrogens with one attached hydrogen (secondary N) is 1. The van der Waals surface area contributed by atoms with Gasteiger partial charge in [0.25, 0.3) is 0 Å². The number of rotatable bonds is 5. The zero-order chi connectivity index (χ0) is 20.4. The van der Waals surface area contributed by atoms with Gasteiger partial charge in [0, 0.05) is 10.7 Å². The molecule has 2 rings (SSSR count). The lowest BCUT2D eigenvalue weighted by molar-refractivity contribution is -0.137. The van der Waals surface area contributed by atoms with Crippen molar-refractivity contribution in [2.24, 2.45) is 0 Å². The Balaban J connectivity index is 2.38. The second-order valence-corrected chi connectivity index (χ2v) is 8.08. The highest BCUT2D eigenvalue weighted by Crippen LogP contribution is 2.33. The van der Waals surface area contributed by atoms with Crippen LogP contribution >= 0.6 is 11.6 Å². The van der Waals surface area contributed by atoms with Crippen LogP contribution in [0.5, 0.6) is 0 Å². The van der Waals surface area contributed by atoms with E-state index < -0.39 is 33.7 Å². The Bertz CT molecular complexity index is 948. The van der Waals surface area contributed by atoms with Crippen LogP contribution < -0.4 is 9.62 Å². The first-order chi connectivity index (χ1) is 12.4. The molecule has 0 aliphatic carbocycles. The summed E-state index contributed by atoms with van der Waals surface area (Å²) in [6.07, 6.45) is -3.83. The monoisotopic (exact) mass is 420 g/mol. The number of amides is 1. The van der Waals surface area contributed by atoms with Crippen LogP contribution in [0.25, 0.3) is 0 Å². The molecule has 1 amide bonds. The topological polar surface area (TPSA) is 66.5 Å². The fraction of sp³-hybridized carbons (Fsp3) is 0.235. The van der Waals surface area contributed by atoms with Crippen molar-refractivity contribution >= 4 is 38.9 Å². The predicted molar refractivity (Wildman–Crippen MR) is 98.3 cm³/mol. The fourth-order valence-electron chi connectivity index (χ4n) is 2.44. The molecule has 0 fully saturated rings. The van der Waals surface area contributed by atoms with Crippen LogP contribution in [-0.2, 0) is 21.0 Å². The van der Waals surface area contributed by atoms with Crippen molar-refractivity contribution in [2.75, 3.05) is 15.9 Å². The standard InChI is InChI=1S/C17H16ClF3N2O3S/c1-11(16(24)22-14-7-4-6-13(18)10-14)23(27(2,25)26)15-8-3-5-12(9-15)17(19,20)21/h3-11H,1-2H3,(H,22,24). The molecular formula is C17H16ClF3N2O3S. The number of carbonyl (C=O) groups excluding carboxylic acids is 1. The number of nitrogens with zero attached hydrogens (tertiary/aromatic N) is 1. The maximum atomic E-state index is 13.0. The lowest BCUT2D eigenvalue weighted by Gasteiger charge is -2.28. The molecule has 1 N–H and O–H groups in total. The molecule has 0 saturated heterocycles. The first kappa shape index (κ1) is 21.0. The van der Waals surface area contributed by atoms with Crippen molar-refractivity contribution in [3.63, 3.8) is 0 Å². The van der Waals surface area contributed by atoms with Gasteiger partial charge in [0.05, 0.1) is 17.5 Å². The van der Waals surface area contributed by atoms with Gasteiger partial charge in [0.15, 0.2) is 0 Å². The van der Waals surface area contributed by atoms with Crippen LogP contribution in [0.4, 0.5) is 24.5 Å². The number of benzene rings is 2. The Kier molecular flexibility index (Phi) is 6.06. The molecule has 0 saturated carbocycles. The zero-order valence-electron chi connectivity index (χ0n) is 14.3. The minimum Gasteiger partial charge on any atom is -0.324 e.